The molecule has 2 aliphatic rings. The molecular formula is C22H23N5O2. The highest BCUT2D eigenvalue weighted by molar-refractivity contribution is 5.97. The summed E-state index contributed by atoms with van der Waals surface area (Å²) >= 11 is 0. The Morgan fingerprint density at radius 3 is 2.34 bits per heavy atom. The van der Waals surface area contributed by atoms with Gasteiger partial charge in [-0.3, -0.25) is 14.5 Å². The van der Waals surface area contributed by atoms with Crippen LogP contribution >= 0.6 is 0 Å². The van der Waals surface area contributed by atoms with Crippen LogP contribution in [0.4, 0.5) is 0 Å². The molecule has 2 saturated heterocycles. The second-order valence-corrected chi connectivity index (χ2v) is 7.69. The van der Waals surface area contributed by atoms with Gasteiger partial charge in [-0.1, -0.05) is 18.2 Å². The number of rotatable bonds is 3. The van der Waals surface area contributed by atoms with Crippen LogP contribution < -0.4 is 0 Å². The molecule has 3 heterocycles. The average Bonchev–Trinajstić information content (AvgIpc) is 3.21. The van der Waals surface area contributed by atoms with Gasteiger partial charge in [0.15, 0.2) is 0 Å². The van der Waals surface area contributed by atoms with Crippen LogP contribution in [0.25, 0.3) is 11.0 Å². The van der Waals surface area contributed by atoms with Crippen LogP contribution in [0, 0.1) is 0 Å². The van der Waals surface area contributed by atoms with E-state index in [1.165, 1.54) is 0 Å². The van der Waals surface area contributed by atoms with Crippen molar-refractivity contribution in [3.63, 3.8) is 0 Å². The molecule has 0 unspecified atom stereocenters. The molecule has 0 aliphatic carbocycles. The number of hydrogen-bond donors (Lipinski definition) is 1. The molecular weight excluding hydrogens is 366 g/mol. The standard InChI is InChI=1S/C22H23N5O2/c28-21(16-4-2-1-3-5-16)26-10-8-25(9-11-26)18-13-27(14-18)22(29)17-6-7-19-20(12-17)24-15-23-19/h1-7,12,15,18H,8-11,13-14H2,(H,23,24). The van der Waals surface area contributed by atoms with Crippen molar-refractivity contribution in [3.8, 4) is 0 Å². The summed E-state index contributed by atoms with van der Waals surface area (Å²) in [6.45, 7) is 4.65. The molecule has 1 aromatic heterocycles. The second-order valence-electron chi connectivity index (χ2n) is 7.69. The molecule has 7 heteroatoms. The number of piperazine rings is 1. The van der Waals surface area contributed by atoms with E-state index in [2.05, 4.69) is 14.9 Å². The lowest BCUT2D eigenvalue weighted by molar-refractivity contribution is 0.00854. The first-order chi connectivity index (χ1) is 14.2. The maximum Gasteiger partial charge on any atom is 0.254 e. The molecule has 2 aliphatic heterocycles. The lowest BCUT2D eigenvalue weighted by atomic mass is 10.0. The van der Waals surface area contributed by atoms with Crippen LogP contribution in [0.1, 0.15) is 20.7 Å². The summed E-state index contributed by atoms with van der Waals surface area (Å²) in [6.07, 6.45) is 1.64. The molecule has 0 bridgehead atoms. The highest BCUT2D eigenvalue weighted by Crippen LogP contribution is 2.21. The first kappa shape index (κ1) is 17.9. The number of benzene rings is 2. The van der Waals surface area contributed by atoms with E-state index in [0.29, 0.717) is 11.6 Å². The summed E-state index contributed by atoms with van der Waals surface area (Å²) < 4.78 is 0. The molecule has 0 spiro atoms. The van der Waals surface area contributed by atoms with Crippen molar-refractivity contribution in [1.29, 1.82) is 0 Å². The number of amides is 2. The van der Waals surface area contributed by atoms with Crippen LogP contribution in [0.2, 0.25) is 0 Å². The Morgan fingerprint density at radius 2 is 1.59 bits per heavy atom. The molecule has 2 fully saturated rings. The molecule has 2 aromatic carbocycles. The van der Waals surface area contributed by atoms with Gasteiger partial charge in [-0.25, -0.2) is 4.98 Å². The van der Waals surface area contributed by atoms with E-state index >= 15 is 0 Å². The molecule has 29 heavy (non-hydrogen) atoms. The zero-order chi connectivity index (χ0) is 19.8. The van der Waals surface area contributed by atoms with E-state index in [4.69, 9.17) is 0 Å². The average molecular weight is 389 g/mol. The number of H-pyrrole nitrogens is 1. The number of aromatic amines is 1. The van der Waals surface area contributed by atoms with Crippen LogP contribution in [-0.2, 0) is 0 Å². The molecule has 7 nitrogen and oxygen atoms in total. The third-order valence-corrected chi connectivity index (χ3v) is 5.96. The third kappa shape index (κ3) is 3.38. The summed E-state index contributed by atoms with van der Waals surface area (Å²) in [4.78, 5) is 38.8. The lowest BCUT2D eigenvalue weighted by Gasteiger charge is -2.48. The maximum atomic E-state index is 12.7. The minimum atomic E-state index is 0.0654. The first-order valence-corrected chi connectivity index (χ1v) is 10.00. The van der Waals surface area contributed by atoms with Crippen molar-refractivity contribution in [2.24, 2.45) is 0 Å². The molecule has 1 N–H and O–H groups in total. The normalized spacial score (nSPS) is 18.1. The van der Waals surface area contributed by atoms with E-state index < -0.39 is 0 Å². The van der Waals surface area contributed by atoms with Crippen LogP contribution in [-0.4, -0.2) is 81.8 Å². The SMILES string of the molecule is O=C(c1ccccc1)N1CCN(C2CN(C(=O)c3ccc4nc[nH]c4c3)C2)CC1. The van der Waals surface area contributed by atoms with Crippen molar-refractivity contribution >= 4 is 22.8 Å². The molecule has 0 atom stereocenters. The van der Waals surface area contributed by atoms with Crippen molar-refractivity contribution in [2.45, 2.75) is 6.04 Å². The van der Waals surface area contributed by atoms with Gasteiger partial charge in [0, 0.05) is 56.4 Å². The second kappa shape index (κ2) is 7.33. The fourth-order valence-corrected chi connectivity index (χ4v) is 4.16. The summed E-state index contributed by atoms with van der Waals surface area (Å²) in [7, 11) is 0. The first-order valence-electron chi connectivity index (χ1n) is 10.00. The Hall–Kier alpha value is -3.19. The largest absolute Gasteiger partial charge is 0.345 e. The van der Waals surface area contributed by atoms with Crippen molar-refractivity contribution < 1.29 is 9.59 Å². The number of carbonyl (C=O) groups excluding carboxylic acids is 2. The number of imidazole rings is 1. The molecule has 5 rings (SSSR count). The molecule has 3 aromatic rings. The van der Waals surface area contributed by atoms with E-state index in [1.807, 2.05) is 58.3 Å². The number of hydrogen-bond acceptors (Lipinski definition) is 4. The van der Waals surface area contributed by atoms with Gasteiger partial charge in [-0.05, 0) is 30.3 Å². The number of aromatic nitrogens is 2. The van der Waals surface area contributed by atoms with Crippen molar-refractivity contribution in [2.75, 3.05) is 39.3 Å². The van der Waals surface area contributed by atoms with Crippen molar-refractivity contribution in [3.05, 3.63) is 66.0 Å². The quantitative estimate of drug-likeness (QED) is 0.742. The van der Waals surface area contributed by atoms with Gasteiger partial charge in [0.25, 0.3) is 11.8 Å². The van der Waals surface area contributed by atoms with Gasteiger partial charge in [-0.15, -0.1) is 0 Å². The number of carbonyl (C=O) groups is 2. The van der Waals surface area contributed by atoms with Gasteiger partial charge in [0.2, 0.25) is 0 Å². The van der Waals surface area contributed by atoms with Crippen LogP contribution in [0.15, 0.2) is 54.9 Å². The fraction of sp³-hybridized carbons (Fsp3) is 0.318. The van der Waals surface area contributed by atoms with Crippen LogP contribution in [0.5, 0.6) is 0 Å². The topological polar surface area (TPSA) is 72.5 Å². The Kier molecular flexibility index (Phi) is 4.52. The number of nitrogens with one attached hydrogen (secondary N) is 1. The molecule has 0 radical (unpaired) electrons. The minimum Gasteiger partial charge on any atom is -0.345 e. The highest BCUT2D eigenvalue weighted by Gasteiger charge is 2.37. The zero-order valence-electron chi connectivity index (χ0n) is 16.1. The predicted molar refractivity (Wildman–Crippen MR) is 110 cm³/mol. The maximum absolute atomic E-state index is 12.7. The molecule has 2 amide bonds. The monoisotopic (exact) mass is 389 g/mol. The van der Waals surface area contributed by atoms with Gasteiger partial charge in [0.05, 0.1) is 17.4 Å². The zero-order valence-corrected chi connectivity index (χ0v) is 16.1. The summed E-state index contributed by atoms with van der Waals surface area (Å²) in [5, 5.41) is 0. The third-order valence-electron chi connectivity index (χ3n) is 5.96. The Bertz CT molecular complexity index is 1030. The van der Waals surface area contributed by atoms with Gasteiger partial charge < -0.3 is 14.8 Å². The Balaban J connectivity index is 1.14. The van der Waals surface area contributed by atoms with Gasteiger partial charge in [0.1, 0.15) is 0 Å². The highest BCUT2D eigenvalue weighted by atomic mass is 16.2. The van der Waals surface area contributed by atoms with E-state index in [9.17, 15) is 9.59 Å². The summed E-state index contributed by atoms with van der Waals surface area (Å²) in [6, 6.07) is 15.4. The summed E-state index contributed by atoms with van der Waals surface area (Å²) in [5.41, 5.74) is 3.19. The number of likely N-dealkylation sites (tertiary alicyclic amines) is 1. The van der Waals surface area contributed by atoms with E-state index in [-0.39, 0.29) is 11.8 Å². The van der Waals surface area contributed by atoms with Crippen LogP contribution in [0.3, 0.4) is 0 Å². The predicted octanol–water partition coefficient (Wildman–Crippen LogP) is 1.85. The molecule has 148 valence electrons. The minimum absolute atomic E-state index is 0.0654. The Morgan fingerprint density at radius 1 is 0.862 bits per heavy atom. The van der Waals surface area contributed by atoms with Gasteiger partial charge in [-0.2, -0.15) is 0 Å². The number of nitrogens with zero attached hydrogens (tertiary/aromatic N) is 4. The Labute approximate surface area is 168 Å². The fourth-order valence-electron chi connectivity index (χ4n) is 4.16. The van der Waals surface area contributed by atoms with Gasteiger partial charge >= 0.3 is 0 Å². The van der Waals surface area contributed by atoms with E-state index in [0.717, 1.165) is 55.9 Å². The smallest absolute Gasteiger partial charge is 0.254 e. The summed E-state index contributed by atoms with van der Waals surface area (Å²) in [5.74, 6) is 0.167. The lowest BCUT2D eigenvalue weighted by Crippen LogP contribution is -2.64. The van der Waals surface area contributed by atoms with Crippen molar-refractivity contribution in [1.82, 2.24) is 24.7 Å². The van der Waals surface area contributed by atoms with E-state index in [1.54, 1.807) is 6.33 Å². The number of fused-ring (bicyclic) bond motifs is 1. The molecule has 0 saturated carbocycles.